The van der Waals surface area contributed by atoms with Crippen LogP contribution in [0.25, 0.3) is 10.9 Å². The van der Waals surface area contributed by atoms with Gasteiger partial charge in [0.05, 0.1) is 10.9 Å². The maximum atomic E-state index is 13.8. The van der Waals surface area contributed by atoms with Gasteiger partial charge in [0, 0.05) is 11.0 Å². The van der Waals surface area contributed by atoms with E-state index in [1.54, 1.807) is 0 Å². The molecule has 0 atom stereocenters. The quantitative estimate of drug-likeness (QED) is 0.855. The highest BCUT2D eigenvalue weighted by atomic mass is 79.9. The first kappa shape index (κ1) is 12.0. The molecular formula is C11H9BrFNO3. The van der Waals surface area contributed by atoms with Crippen LogP contribution in [0.1, 0.15) is 13.3 Å². The minimum absolute atomic E-state index is 0.00343. The monoisotopic (exact) mass is 301 g/mol. The minimum Gasteiger partial charge on any atom is -0.372 e. The van der Waals surface area contributed by atoms with E-state index < -0.39 is 17.2 Å². The summed E-state index contributed by atoms with van der Waals surface area (Å²) in [5, 5.41) is 0.0601. The Kier molecular flexibility index (Phi) is 3.15. The summed E-state index contributed by atoms with van der Waals surface area (Å²) in [5.41, 5.74) is -0.825. The third-order valence-corrected chi connectivity index (χ3v) is 2.82. The molecular weight excluding hydrogens is 293 g/mol. The fourth-order valence-electron chi connectivity index (χ4n) is 1.70. The number of rotatable bonds is 2. The number of benzene rings is 1. The van der Waals surface area contributed by atoms with Crippen molar-refractivity contribution in [2.75, 3.05) is 0 Å². The lowest BCUT2D eigenvalue weighted by molar-refractivity contribution is 0.412. The SMILES string of the molecule is CCCn1c(=O)oc(=O)c2cc(Br)cc(F)c21. The van der Waals surface area contributed by atoms with E-state index in [0.717, 1.165) is 4.57 Å². The van der Waals surface area contributed by atoms with Gasteiger partial charge >= 0.3 is 11.4 Å². The van der Waals surface area contributed by atoms with Gasteiger partial charge in [0.15, 0.2) is 0 Å². The van der Waals surface area contributed by atoms with Gasteiger partial charge in [0.25, 0.3) is 0 Å². The van der Waals surface area contributed by atoms with Crippen molar-refractivity contribution in [2.45, 2.75) is 19.9 Å². The van der Waals surface area contributed by atoms with Crippen LogP contribution in [0.4, 0.5) is 4.39 Å². The van der Waals surface area contributed by atoms with E-state index in [9.17, 15) is 14.0 Å². The molecule has 4 nitrogen and oxygen atoms in total. The van der Waals surface area contributed by atoms with Crippen molar-refractivity contribution in [3.05, 3.63) is 43.4 Å². The average molecular weight is 302 g/mol. The Morgan fingerprint density at radius 2 is 2.12 bits per heavy atom. The van der Waals surface area contributed by atoms with Gasteiger partial charge in [-0.1, -0.05) is 22.9 Å². The second kappa shape index (κ2) is 4.44. The zero-order chi connectivity index (χ0) is 12.6. The van der Waals surface area contributed by atoms with E-state index in [2.05, 4.69) is 20.3 Å². The molecule has 2 rings (SSSR count). The Morgan fingerprint density at radius 3 is 2.76 bits per heavy atom. The number of aromatic nitrogens is 1. The van der Waals surface area contributed by atoms with Crippen LogP contribution in [0.2, 0.25) is 0 Å². The van der Waals surface area contributed by atoms with Crippen LogP contribution in [0.15, 0.2) is 30.6 Å². The zero-order valence-corrected chi connectivity index (χ0v) is 10.6. The third-order valence-electron chi connectivity index (χ3n) is 2.37. The lowest BCUT2D eigenvalue weighted by Crippen LogP contribution is -2.25. The van der Waals surface area contributed by atoms with Crippen molar-refractivity contribution in [3.63, 3.8) is 0 Å². The molecule has 0 amide bonds. The molecule has 1 heterocycles. The van der Waals surface area contributed by atoms with Crippen molar-refractivity contribution < 1.29 is 8.81 Å². The van der Waals surface area contributed by atoms with Gasteiger partial charge in [-0.2, -0.15) is 0 Å². The molecule has 0 aliphatic rings. The molecule has 0 saturated heterocycles. The number of hydrogen-bond acceptors (Lipinski definition) is 3. The summed E-state index contributed by atoms with van der Waals surface area (Å²) in [6.07, 6.45) is 0.637. The molecule has 1 aromatic heterocycles. The van der Waals surface area contributed by atoms with Gasteiger partial charge in [0.1, 0.15) is 5.82 Å². The summed E-state index contributed by atoms with van der Waals surface area (Å²) < 4.78 is 19.9. The highest BCUT2D eigenvalue weighted by molar-refractivity contribution is 9.10. The summed E-state index contributed by atoms with van der Waals surface area (Å²) >= 11 is 3.09. The van der Waals surface area contributed by atoms with Crippen LogP contribution >= 0.6 is 15.9 Å². The first-order valence-corrected chi connectivity index (χ1v) is 5.86. The number of fused-ring (bicyclic) bond motifs is 1. The Bertz CT molecular complexity index is 689. The topological polar surface area (TPSA) is 52.2 Å². The van der Waals surface area contributed by atoms with Crippen LogP contribution in [0.3, 0.4) is 0 Å². The van der Waals surface area contributed by atoms with Crippen molar-refractivity contribution in [2.24, 2.45) is 0 Å². The normalized spacial score (nSPS) is 11.0. The average Bonchev–Trinajstić information content (AvgIpc) is 2.24. The lowest BCUT2D eigenvalue weighted by Gasteiger charge is -2.07. The van der Waals surface area contributed by atoms with Gasteiger partial charge in [-0.05, 0) is 18.6 Å². The van der Waals surface area contributed by atoms with E-state index in [-0.39, 0.29) is 10.9 Å². The molecule has 1 aromatic carbocycles. The van der Waals surface area contributed by atoms with E-state index in [1.165, 1.54) is 12.1 Å². The van der Waals surface area contributed by atoms with Crippen molar-refractivity contribution >= 4 is 26.8 Å². The Labute approximate surface area is 104 Å². The van der Waals surface area contributed by atoms with E-state index in [0.29, 0.717) is 17.4 Å². The van der Waals surface area contributed by atoms with Crippen LogP contribution < -0.4 is 11.4 Å². The molecule has 0 radical (unpaired) electrons. The fraction of sp³-hybridized carbons (Fsp3) is 0.273. The van der Waals surface area contributed by atoms with Crippen molar-refractivity contribution in [1.29, 1.82) is 0 Å². The molecule has 90 valence electrons. The standard InChI is InChI=1S/C11H9BrFNO3/c1-2-3-14-9-7(10(15)17-11(14)16)4-6(12)5-8(9)13/h4-5H,2-3H2,1H3. The molecule has 0 spiro atoms. The molecule has 2 aromatic rings. The van der Waals surface area contributed by atoms with Gasteiger partial charge < -0.3 is 4.42 Å². The molecule has 6 heteroatoms. The molecule has 0 aliphatic carbocycles. The minimum atomic E-state index is -0.828. The molecule has 0 saturated carbocycles. The molecule has 0 N–H and O–H groups in total. The highest BCUT2D eigenvalue weighted by Gasteiger charge is 2.13. The Morgan fingerprint density at radius 1 is 1.41 bits per heavy atom. The number of aryl methyl sites for hydroxylation is 1. The van der Waals surface area contributed by atoms with Crippen LogP contribution in [-0.4, -0.2) is 4.57 Å². The van der Waals surface area contributed by atoms with Gasteiger partial charge in [0.2, 0.25) is 0 Å². The summed E-state index contributed by atoms with van der Waals surface area (Å²) in [7, 11) is 0. The summed E-state index contributed by atoms with van der Waals surface area (Å²) in [6.45, 7) is 2.15. The number of halogens is 2. The lowest BCUT2D eigenvalue weighted by atomic mass is 10.2. The van der Waals surface area contributed by atoms with Crippen molar-refractivity contribution in [1.82, 2.24) is 4.57 Å². The largest absolute Gasteiger partial charge is 0.422 e. The van der Waals surface area contributed by atoms with Gasteiger partial charge in [-0.3, -0.25) is 4.57 Å². The molecule has 0 unspecified atom stereocenters. The smallest absolute Gasteiger partial charge is 0.372 e. The Balaban J connectivity index is 3.00. The van der Waals surface area contributed by atoms with Gasteiger partial charge in [-0.15, -0.1) is 0 Å². The fourth-order valence-corrected chi connectivity index (χ4v) is 2.13. The third kappa shape index (κ3) is 2.04. The number of nitrogens with zero attached hydrogens (tertiary/aromatic N) is 1. The second-order valence-electron chi connectivity index (χ2n) is 3.59. The summed E-state index contributed by atoms with van der Waals surface area (Å²) in [5.74, 6) is -1.45. The van der Waals surface area contributed by atoms with Crippen LogP contribution in [-0.2, 0) is 6.54 Å². The molecule has 17 heavy (non-hydrogen) atoms. The zero-order valence-electron chi connectivity index (χ0n) is 9.00. The first-order valence-electron chi connectivity index (χ1n) is 5.07. The first-order chi connectivity index (χ1) is 8.04. The van der Waals surface area contributed by atoms with E-state index in [1.807, 2.05) is 6.92 Å². The predicted octanol–water partition coefficient (Wildman–Crippen LogP) is 2.27. The predicted molar refractivity (Wildman–Crippen MR) is 64.7 cm³/mol. The van der Waals surface area contributed by atoms with Crippen molar-refractivity contribution in [3.8, 4) is 0 Å². The maximum Gasteiger partial charge on any atom is 0.422 e. The molecule has 0 bridgehead atoms. The number of hydrogen-bond donors (Lipinski definition) is 0. The maximum absolute atomic E-state index is 13.8. The molecule has 0 fully saturated rings. The van der Waals surface area contributed by atoms with Crippen LogP contribution in [0.5, 0.6) is 0 Å². The second-order valence-corrected chi connectivity index (χ2v) is 4.51. The van der Waals surface area contributed by atoms with Gasteiger partial charge in [-0.25, -0.2) is 14.0 Å². The van der Waals surface area contributed by atoms with E-state index in [4.69, 9.17) is 0 Å². The molecule has 0 aliphatic heterocycles. The van der Waals surface area contributed by atoms with Crippen LogP contribution in [0, 0.1) is 5.82 Å². The Hall–Kier alpha value is -1.43. The summed E-state index contributed by atoms with van der Waals surface area (Å²) in [4.78, 5) is 23.0. The highest BCUT2D eigenvalue weighted by Crippen LogP contribution is 2.20. The summed E-state index contributed by atoms with van der Waals surface area (Å²) in [6, 6.07) is 2.66. The van der Waals surface area contributed by atoms with E-state index >= 15 is 0 Å².